The first-order valence-corrected chi connectivity index (χ1v) is 14.0. The Labute approximate surface area is 223 Å². The number of nitrogens with zero attached hydrogens (tertiary/aromatic N) is 1. The number of H-pyrrole nitrogens is 1. The highest BCUT2D eigenvalue weighted by Gasteiger charge is 2.39. The molecule has 1 aromatic heterocycles. The van der Waals surface area contributed by atoms with E-state index in [2.05, 4.69) is 58.1 Å². The summed E-state index contributed by atoms with van der Waals surface area (Å²) in [6.45, 7) is 1.31. The number of hydrogen-bond acceptors (Lipinski definition) is 3. The van der Waals surface area contributed by atoms with E-state index >= 15 is 0 Å². The molecule has 1 saturated carbocycles. The Kier molecular flexibility index (Phi) is 6.70. The quantitative estimate of drug-likeness (QED) is 0.412. The number of hydrogen-bond donors (Lipinski definition) is 4. The molecule has 2 fully saturated rings. The smallest absolute Gasteiger partial charge is 0.318 e. The lowest BCUT2D eigenvalue weighted by Crippen LogP contribution is -2.56. The molecule has 5 N–H and O–H groups in total. The number of benzene rings is 2. The van der Waals surface area contributed by atoms with Gasteiger partial charge in [-0.25, -0.2) is 4.79 Å². The predicted octanol–water partition coefficient (Wildman–Crippen LogP) is 4.24. The molecule has 7 heteroatoms. The van der Waals surface area contributed by atoms with Crippen LogP contribution in [0, 0.1) is 0 Å². The number of aromatic nitrogens is 1. The normalized spacial score (nSPS) is 22.8. The minimum atomic E-state index is -0.664. The first kappa shape index (κ1) is 24.7. The summed E-state index contributed by atoms with van der Waals surface area (Å²) in [6, 6.07) is 15.9. The zero-order chi connectivity index (χ0) is 26.1. The average molecular weight is 512 g/mol. The Morgan fingerprint density at radius 3 is 2.71 bits per heavy atom. The van der Waals surface area contributed by atoms with Crippen molar-refractivity contribution in [1.29, 1.82) is 0 Å². The van der Waals surface area contributed by atoms with Crippen LogP contribution in [-0.4, -0.2) is 53.0 Å². The van der Waals surface area contributed by atoms with Crippen LogP contribution in [0.5, 0.6) is 0 Å². The predicted molar refractivity (Wildman–Crippen MR) is 151 cm³/mol. The maximum absolute atomic E-state index is 13.5. The van der Waals surface area contributed by atoms with Crippen molar-refractivity contribution in [2.45, 2.75) is 68.5 Å². The van der Waals surface area contributed by atoms with E-state index in [9.17, 15) is 9.59 Å². The Morgan fingerprint density at radius 1 is 1.08 bits per heavy atom. The van der Waals surface area contributed by atoms with Crippen molar-refractivity contribution in [2.75, 3.05) is 13.1 Å². The number of fused-ring (bicyclic) bond motifs is 3. The van der Waals surface area contributed by atoms with Gasteiger partial charge in [0.1, 0.15) is 6.04 Å². The minimum Gasteiger partial charge on any atom is -0.361 e. The van der Waals surface area contributed by atoms with Gasteiger partial charge in [-0.2, -0.15) is 0 Å². The number of rotatable bonds is 5. The van der Waals surface area contributed by atoms with E-state index in [0.29, 0.717) is 19.5 Å². The van der Waals surface area contributed by atoms with Gasteiger partial charge in [-0.3, -0.25) is 4.79 Å². The van der Waals surface area contributed by atoms with Crippen LogP contribution in [-0.2, 0) is 16.6 Å². The first-order valence-electron chi connectivity index (χ1n) is 14.0. The second-order valence-electron chi connectivity index (χ2n) is 11.3. The van der Waals surface area contributed by atoms with Gasteiger partial charge < -0.3 is 26.3 Å². The molecule has 1 spiro atoms. The SMILES string of the molecule is NC1CCCC(NC(=O)C(Cc2c[nH]c3ccccc23)NC(=O)N2CCC3(C=Cc4ccccc43)CC2)C1. The zero-order valence-electron chi connectivity index (χ0n) is 21.8. The fraction of sp³-hybridized carbons (Fsp3) is 0.419. The summed E-state index contributed by atoms with van der Waals surface area (Å²) >= 11 is 0. The fourth-order valence-electron chi connectivity index (χ4n) is 6.61. The molecule has 3 aliphatic rings. The van der Waals surface area contributed by atoms with Crippen molar-refractivity contribution in [3.05, 3.63) is 77.5 Å². The Hall–Kier alpha value is -3.58. The average Bonchev–Trinajstić information content (AvgIpc) is 3.50. The van der Waals surface area contributed by atoms with Crippen LogP contribution in [0.25, 0.3) is 17.0 Å². The lowest BCUT2D eigenvalue weighted by Gasteiger charge is -2.39. The number of amides is 3. The van der Waals surface area contributed by atoms with Crippen LogP contribution in [0.1, 0.15) is 55.2 Å². The molecular formula is C31H37N5O2. The van der Waals surface area contributed by atoms with Gasteiger partial charge in [-0.15, -0.1) is 0 Å². The number of carbonyl (C=O) groups excluding carboxylic acids is 2. The van der Waals surface area contributed by atoms with E-state index in [0.717, 1.165) is 55.0 Å². The Bertz CT molecular complexity index is 1350. The highest BCUT2D eigenvalue weighted by atomic mass is 16.2. The Morgan fingerprint density at radius 2 is 1.87 bits per heavy atom. The molecule has 7 nitrogen and oxygen atoms in total. The van der Waals surface area contributed by atoms with E-state index in [1.165, 1.54) is 11.1 Å². The number of allylic oxidation sites excluding steroid dienone is 1. The highest BCUT2D eigenvalue weighted by Crippen LogP contribution is 2.43. The van der Waals surface area contributed by atoms with E-state index < -0.39 is 6.04 Å². The van der Waals surface area contributed by atoms with Gasteiger partial charge >= 0.3 is 6.03 Å². The lowest BCUT2D eigenvalue weighted by molar-refractivity contribution is -0.123. The van der Waals surface area contributed by atoms with E-state index in [1.807, 2.05) is 29.3 Å². The van der Waals surface area contributed by atoms with E-state index in [4.69, 9.17) is 5.73 Å². The van der Waals surface area contributed by atoms with Crippen molar-refractivity contribution >= 4 is 28.9 Å². The molecular weight excluding hydrogens is 474 g/mol. The van der Waals surface area contributed by atoms with Gasteiger partial charge in [0.05, 0.1) is 0 Å². The molecule has 0 radical (unpaired) electrons. The second-order valence-corrected chi connectivity index (χ2v) is 11.3. The monoisotopic (exact) mass is 511 g/mol. The van der Waals surface area contributed by atoms with E-state index in [-0.39, 0.29) is 29.4 Å². The largest absolute Gasteiger partial charge is 0.361 e. The van der Waals surface area contributed by atoms with Crippen LogP contribution in [0.2, 0.25) is 0 Å². The number of para-hydroxylation sites is 1. The highest BCUT2D eigenvalue weighted by molar-refractivity contribution is 5.89. The van der Waals surface area contributed by atoms with Crippen LogP contribution in [0.4, 0.5) is 4.79 Å². The number of carbonyl (C=O) groups is 2. The van der Waals surface area contributed by atoms with Crippen LogP contribution >= 0.6 is 0 Å². The minimum absolute atomic E-state index is 0.00787. The maximum Gasteiger partial charge on any atom is 0.318 e. The molecule has 1 saturated heterocycles. The molecule has 3 aromatic rings. The fourth-order valence-corrected chi connectivity index (χ4v) is 6.61. The maximum atomic E-state index is 13.5. The number of aromatic amines is 1. The molecule has 2 aliphatic carbocycles. The van der Waals surface area contributed by atoms with Crippen molar-refractivity contribution in [3.63, 3.8) is 0 Å². The molecule has 2 heterocycles. The summed E-state index contributed by atoms with van der Waals surface area (Å²) in [4.78, 5) is 32.2. The third-order valence-corrected chi connectivity index (χ3v) is 8.80. The third-order valence-electron chi connectivity index (χ3n) is 8.80. The van der Waals surface area contributed by atoms with Gasteiger partial charge in [0.15, 0.2) is 0 Å². The van der Waals surface area contributed by atoms with Crippen molar-refractivity contribution < 1.29 is 9.59 Å². The van der Waals surface area contributed by atoms with Gasteiger partial charge in [-0.05, 0) is 61.3 Å². The number of piperidine rings is 1. The summed E-state index contributed by atoms with van der Waals surface area (Å²) in [5.41, 5.74) is 10.9. The molecule has 3 amide bonds. The molecule has 0 bridgehead atoms. The molecule has 1 aliphatic heterocycles. The molecule has 38 heavy (non-hydrogen) atoms. The number of nitrogens with two attached hydrogens (primary N) is 1. The van der Waals surface area contributed by atoms with Gasteiger partial charge in [0.25, 0.3) is 0 Å². The van der Waals surface area contributed by atoms with Crippen LogP contribution in [0.3, 0.4) is 0 Å². The number of likely N-dealkylation sites (tertiary alicyclic amines) is 1. The van der Waals surface area contributed by atoms with Gasteiger partial charge in [-0.1, -0.05) is 54.6 Å². The molecule has 6 rings (SSSR count). The van der Waals surface area contributed by atoms with Gasteiger partial charge in [0, 0.05) is 54.1 Å². The third kappa shape index (κ3) is 4.83. The Balaban J connectivity index is 1.16. The number of urea groups is 1. The zero-order valence-corrected chi connectivity index (χ0v) is 21.8. The summed E-state index contributed by atoms with van der Waals surface area (Å²) in [7, 11) is 0. The van der Waals surface area contributed by atoms with Crippen molar-refractivity contribution in [1.82, 2.24) is 20.5 Å². The summed E-state index contributed by atoms with van der Waals surface area (Å²) in [5.74, 6) is -0.135. The van der Waals surface area contributed by atoms with Crippen LogP contribution < -0.4 is 16.4 Å². The van der Waals surface area contributed by atoms with Gasteiger partial charge in [0.2, 0.25) is 5.91 Å². The summed E-state index contributed by atoms with van der Waals surface area (Å²) in [5, 5.41) is 7.37. The summed E-state index contributed by atoms with van der Waals surface area (Å²) in [6.07, 6.45) is 12.4. The molecule has 3 atom stereocenters. The number of nitrogens with one attached hydrogen (secondary N) is 3. The summed E-state index contributed by atoms with van der Waals surface area (Å²) < 4.78 is 0. The first-order chi connectivity index (χ1) is 18.5. The lowest BCUT2D eigenvalue weighted by atomic mass is 9.74. The van der Waals surface area contributed by atoms with Crippen LogP contribution in [0.15, 0.2) is 60.8 Å². The van der Waals surface area contributed by atoms with Crippen molar-refractivity contribution in [3.8, 4) is 0 Å². The topological polar surface area (TPSA) is 103 Å². The van der Waals surface area contributed by atoms with Crippen molar-refractivity contribution in [2.24, 2.45) is 5.73 Å². The second kappa shape index (κ2) is 10.3. The molecule has 198 valence electrons. The molecule has 2 aromatic carbocycles. The molecule has 3 unspecified atom stereocenters. The van der Waals surface area contributed by atoms with E-state index in [1.54, 1.807) is 0 Å². The standard InChI is InChI=1S/C31H37N5O2/c32-23-7-5-8-24(19-23)34-29(37)28(18-22-20-33-27-11-4-2-9-25(22)27)35-30(38)36-16-14-31(15-17-36)13-12-21-6-1-3-10-26(21)31/h1-4,6,9-13,20,23-24,28,33H,5,7-8,14-19,32H2,(H,34,37)(H,35,38).